The highest BCUT2D eigenvalue weighted by molar-refractivity contribution is 9.10. The summed E-state index contributed by atoms with van der Waals surface area (Å²) in [4.78, 5) is 29.7. The molecular weight excluding hydrogens is 288 g/mol. The largest absolute Gasteiger partial charge is 0.465 e. The number of H-pyrrole nitrogens is 1. The van der Waals surface area contributed by atoms with Crippen LogP contribution < -0.4 is 5.56 Å². The van der Waals surface area contributed by atoms with Gasteiger partial charge in [-0.2, -0.15) is 0 Å². The van der Waals surface area contributed by atoms with Crippen LogP contribution in [0.3, 0.4) is 0 Å². The van der Waals surface area contributed by atoms with Gasteiger partial charge in [0.05, 0.1) is 18.2 Å². The number of benzene rings is 1. The minimum Gasteiger partial charge on any atom is -0.465 e. The van der Waals surface area contributed by atoms with Crippen LogP contribution in [0.4, 0.5) is 0 Å². The van der Waals surface area contributed by atoms with Crippen molar-refractivity contribution in [2.45, 2.75) is 6.92 Å². The Morgan fingerprint density at radius 1 is 1.47 bits per heavy atom. The number of fused-ring (bicyclic) bond motifs is 1. The summed E-state index contributed by atoms with van der Waals surface area (Å²) in [5.41, 5.74) is 1.56. The molecule has 6 heteroatoms. The molecule has 0 bridgehead atoms. The number of halogens is 1. The Morgan fingerprint density at radius 2 is 2.18 bits per heavy atom. The Balaban J connectivity index is 2.77. The Bertz CT molecular complexity index is 664. The Kier molecular flexibility index (Phi) is 2.97. The molecule has 1 N–H and O–H groups in total. The molecular formula is C11H9BrN2O3. The minimum absolute atomic E-state index is 0.272. The maximum absolute atomic E-state index is 11.4. The van der Waals surface area contributed by atoms with Gasteiger partial charge in [-0.15, -0.1) is 0 Å². The highest BCUT2D eigenvalue weighted by Crippen LogP contribution is 2.22. The molecule has 0 spiro atoms. The first kappa shape index (κ1) is 11.8. The van der Waals surface area contributed by atoms with Gasteiger partial charge < -0.3 is 9.72 Å². The quantitative estimate of drug-likeness (QED) is 0.814. The van der Waals surface area contributed by atoms with Crippen LogP contribution in [0.1, 0.15) is 16.1 Å². The molecule has 0 aliphatic rings. The third kappa shape index (κ3) is 2.08. The molecule has 0 aliphatic carbocycles. The molecule has 17 heavy (non-hydrogen) atoms. The first-order valence-corrected chi connectivity index (χ1v) is 5.60. The van der Waals surface area contributed by atoms with E-state index in [1.165, 1.54) is 7.11 Å². The third-order valence-electron chi connectivity index (χ3n) is 2.34. The number of nitrogens with one attached hydrogen (secondary N) is 1. The maximum atomic E-state index is 11.4. The van der Waals surface area contributed by atoms with Crippen molar-refractivity contribution in [3.63, 3.8) is 0 Å². The summed E-state index contributed by atoms with van der Waals surface area (Å²) in [5.74, 6) is -0.464. The number of methoxy groups -OCH3 is 1. The summed E-state index contributed by atoms with van der Waals surface area (Å²) in [6.07, 6.45) is 0. The first-order chi connectivity index (χ1) is 8.02. The number of carbonyl (C=O) groups is 1. The lowest BCUT2D eigenvalue weighted by Crippen LogP contribution is -2.12. The molecule has 1 aromatic heterocycles. The van der Waals surface area contributed by atoms with E-state index in [2.05, 4.69) is 30.6 Å². The van der Waals surface area contributed by atoms with Gasteiger partial charge >= 0.3 is 5.97 Å². The van der Waals surface area contributed by atoms with E-state index in [0.29, 0.717) is 26.8 Å². The molecule has 1 aromatic carbocycles. The van der Waals surface area contributed by atoms with E-state index in [4.69, 9.17) is 0 Å². The van der Waals surface area contributed by atoms with E-state index in [1.807, 2.05) is 0 Å². The van der Waals surface area contributed by atoms with Crippen LogP contribution >= 0.6 is 15.9 Å². The van der Waals surface area contributed by atoms with Crippen LogP contribution in [-0.2, 0) is 4.74 Å². The number of esters is 1. The number of aromatic amines is 1. The third-order valence-corrected chi connectivity index (χ3v) is 2.95. The summed E-state index contributed by atoms with van der Waals surface area (Å²) < 4.78 is 5.26. The van der Waals surface area contributed by atoms with Crippen LogP contribution in [0.15, 0.2) is 21.4 Å². The van der Waals surface area contributed by atoms with Gasteiger partial charge in [0, 0.05) is 4.47 Å². The second kappa shape index (κ2) is 4.29. The summed E-state index contributed by atoms with van der Waals surface area (Å²) in [7, 11) is 1.30. The molecule has 5 nitrogen and oxygen atoms in total. The second-order valence-electron chi connectivity index (χ2n) is 3.50. The topological polar surface area (TPSA) is 72.0 Å². The summed E-state index contributed by atoms with van der Waals surface area (Å²) >= 11 is 3.31. The molecule has 88 valence electrons. The van der Waals surface area contributed by atoms with E-state index in [0.717, 1.165) is 0 Å². The predicted octanol–water partition coefficient (Wildman–Crippen LogP) is 1.78. The smallest absolute Gasteiger partial charge is 0.337 e. The van der Waals surface area contributed by atoms with E-state index in [1.54, 1.807) is 19.1 Å². The summed E-state index contributed by atoms with van der Waals surface area (Å²) in [6.45, 7) is 1.62. The number of hydrogen-bond acceptors (Lipinski definition) is 4. The highest BCUT2D eigenvalue weighted by atomic mass is 79.9. The zero-order chi connectivity index (χ0) is 12.6. The van der Waals surface area contributed by atoms with Gasteiger partial charge in [-0.3, -0.25) is 4.79 Å². The molecule has 2 aromatic rings. The van der Waals surface area contributed by atoms with Gasteiger partial charge in [0.2, 0.25) is 0 Å². The van der Waals surface area contributed by atoms with Crippen molar-refractivity contribution in [1.82, 2.24) is 9.97 Å². The zero-order valence-corrected chi connectivity index (χ0v) is 10.8. The fourth-order valence-corrected chi connectivity index (χ4v) is 2.02. The normalized spacial score (nSPS) is 10.5. The van der Waals surface area contributed by atoms with Crippen molar-refractivity contribution in [1.29, 1.82) is 0 Å². The number of aryl methyl sites for hydroxylation is 1. The van der Waals surface area contributed by atoms with Crippen molar-refractivity contribution >= 4 is 32.9 Å². The Labute approximate surface area is 105 Å². The minimum atomic E-state index is -0.464. The molecule has 0 fully saturated rings. The lowest BCUT2D eigenvalue weighted by atomic mass is 10.2. The molecule has 0 radical (unpaired) electrons. The fourth-order valence-electron chi connectivity index (χ4n) is 1.47. The Hall–Kier alpha value is -1.69. The van der Waals surface area contributed by atoms with Crippen molar-refractivity contribution in [3.8, 4) is 0 Å². The van der Waals surface area contributed by atoms with Crippen molar-refractivity contribution in [2.24, 2.45) is 0 Å². The first-order valence-electron chi connectivity index (χ1n) is 4.81. The van der Waals surface area contributed by atoms with Crippen LogP contribution in [0.2, 0.25) is 0 Å². The SMILES string of the molecule is COC(=O)c1cc(Br)c2nc(C)c(=O)[nH]c2c1. The molecule has 0 unspecified atom stereocenters. The molecule has 0 saturated heterocycles. The predicted molar refractivity (Wildman–Crippen MR) is 66.1 cm³/mol. The highest BCUT2D eigenvalue weighted by Gasteiger charge is 2.11. The molecule has 1 heterocycles. The monoisotopic (exact) mass is 296 g/mol. The van der Waals surface area contributed by atoms with E-state index in [-0.39, 0.29) is 5.56 Å². The zero-order valence-electron chi connectivity index (χ0n) is 9.20. The summed E-state index contributed by atoms with van der Waals surface area (Å²) in [5, 5.41) is 0. The summed E-state index contributed by atoms with van der Waals surface area (Å²) in [6, 6.07) is 3.15. The number of rotatable bonds is 1. The lowest BCUT2D eigenvalue weighted by molar-refractivity contribution is 0.0601. The van der Waals surface area contributed by atoms with E-state index in [9.17, 15) is 9.59 Å². The number of ether oxygens (including phenoxy) is 1. The van der Waals surface area contributed by atoms with Gasteiger partial charge in [0.1, 0.15) is 11.2 Å². The van der Waals surface area contributed by atoms with Crippen LogP contribution in [0, 0.1) is 6.92 Å². The van der Waals surface area contributed by atoms with Gasteiger partial charge in [-0.25, -0.2) is 9.78 Å². The maximum Gasteiger partial charge on any atom is 0.337 e. The number of aromatic nitrogens is 2. The fraction of sp³-hybridized carbons (Fsp3) is 0.182. The molecule has 0 saturated carbocycles. The molecule has 0 aliphatic heterocycles. The number of carbonyl (C=O) groups excluding carboxylic acids is 1. The van der Waals surface area contributed by atoms with Crippen molar-refractivity contribution < 1.29 is 9.53 Å². The Morgan fingerprint density at radius 3 is 2.82 bits per heavy atom. The van der Waals surface area contributed by atoms with Gasteiger partial charge in [-0.05, 0) is 35.0 Å². The number of nitrogens with zero attached hydrogens (tertiary/aromatic N) is 1. The molecule has 0 amide bonds. The van der Waals surface area contributed by atoms with Crippen LogP contribution in [-0.4, -0.2) is 23.0 Å². The average molecular weight is 297 g/mol. The van der Waals surface area contributed by atoms with Gasteiger partial charge in [0.15, 0.2) is 0 Å². The molecule has 0 atom stereocenters. The van der Waals surface area contributed by atoms with Crippen LogP contribution in [0.5, 0.6) is 0 Å². The van der Waals surface area contributed by atoms with Gasteiger partial charge in [0.25, 0.3) is 5.56 Å². The van der Waals surface area contributed by atoms with E-state index < -0.39 is 5.97 Å². The second-order valence-corrected chi connectivity index (χ2v) is 4.35. The van der Waals surface area contributed by atoms with Crippen molar-refractivity contribution in [3.05, 3.63) is 38.2 Å². The van der Waals surface area contributed by atoms with Gasteiger partial charge in [-0.1, -0.05) is 0 Å². The molecule has 2 rings (SSSR count). The van der Waals surface area contributed by atoms with Crippen LogP contribution in [0.25, 0.3) is 11.0 Å². The van der Waals surface area contributed by atoms with Crippen molar-refractivity contribution in [2.75, 3.05) is 7.11 Å². The lowest BCUT2D eigenvalue weighted by Gasteiger charge is -2.04. The standard InChI is InChI=1S/C11H9BrN2O3/c1-5-10(15)14-8-4-6(11(16)17-2)3-7(12)9(8)13-5/h3-4H,1-2H3,(H,14,15). The van der Waals surface area contributed by atoms with E-state index >= 15 is 0 Å². The number of hydrogen-bond donors (Lipinski definition) is 1. The average Bonchev–Trinajstić information content (AvgIpc) is 2.30.